The van der Waals surface area contributed by atoms with Crippen LogP contribution in [0, 0.1) is 6.92 Å². The van der Waals surface area contributed by atoms with E-state index in [-0.39, 0.29) is 0 Å². The third-order valence-corrected chi connectivity index (χ3v) is 1.94. The summed E-state index contributed by atoms with van der Waals surface area (Å²) in [7, 11) is 0. The standard InChI is InChI=1S/C8H7NO2S/c1-5-2-3-6(11-12)8-7(5)9-4-10-8/h2-4,12H,1H3. The van der Waals surface area contributed by atoms with E-state index < -0.39 is 0 Å². The second-order valence-electron chi connectivity index (χ2n) is 2.50. The highest BCUT2D eigenvalue weighted by molar-refractivity contribution is 7.75. The molecule has 0 saturated carbocycles. The molecule has 0 fully saturated rings. The van der Waals surface area contributed by atoms with Crippen LogP contribution in [0.25, 0.3) is 11.1 Å². The molecule has 3 nitrogen and oxygen atoms in total. The highest BCUT2D eigenvalue weighted by Crippen LogP contribution is 2.27. The van der Waals surface area contributed by atoms with E-state index in [0.29, 0.717) is 11.3 Å². The first-order chi connectivity index (χ1) is 5.83. The lowest BCUT2D eigenvalue weighted by Gasteiger charge is -1.98. The van der Waals surface area contributed by atoms with Gasteiger partial charge in [0.15, 0.2) is 17.7 Å². The van der Waals surface area contributed by atoms with Crippen molar-refractivity contribution in [3.8, 4) is 5.75 Å². The fourth-order valence-electron chi connectivity index (χ4n) is 1.13. The van der Waals surface area contributed by atoms with Crippen LogP contribution in [-0.4, -0.2) is 4.98 Å². The van der Waals surface area contributed by atoms with Crippen molar-refractivity contribution in [2.75, 3.05) is 0 Å². The minimum absolute atomic E-state index is 0.594. The first kappa shape index (κ1) is 7.49. The number of nitrogens with zero attached hydrogens (tertiary/aromatic N) is 1. The van der Waals surface area contributed by atoms with Gasteiger partial charge in [0.1, 0.15) is 5.52 Å². The van der Waals surface area contributed by atoms with Crippen LogP contribution in [0.4, 0.5) is 0 Å². The Balaban J connectivity index is 2.82. The van der Waals surface area contributed by atoms with Crippen molar-refractivity contribution in [2.24, 2.45) is 0 Å². The lowest BCUT2D eigenvalue weighted by atomic mass is 10.2. The van der Waals surface area contributed by atoms with E-state index in [4.69, 9.17) is 8.60 Å². The number of benzene rings is 1. The molecule has 0 bridgehead atoms. The highest BCUT2D eigenvalue weighted by Gasteiger charge is 2.07. The number of aryl methyl sites for hydroxylation is 1. The number of thiol groups is 1. The van der Waals surface area contributed by atoms with Crippen LogP contribution in [0.3, 0.4) is 0 Å². The van der Waals surface area contributed by atoms with Gasteiger partial charge in [0, 0.05) is 12.9 Å². The third kappa shape index (κ3) is 0.956. The summed E-state index contributed by atoms with van der Waals surface area (Å²) in [6.45, 7) is 1.97. The fraction of sp³-hybridized carbons (Fsp3) is 0.125. The Morgan fingerprint density at radius 2 is 2.33 bits per heavy atom. The van der Waals surface area contributed by atoms with Gasteiger partial charge in [-0.25, -0.2) is 4.98 Å². The van der Waals surface area contributed by atoms with Gasteiger partial charge in [-0.15, -0.1) is 0 Å². The number of oxazole rings is 1. The minimum Gasteiger partial charge on any atom is -0.439 e. The van der Waals surface area contributed by atoms with E-state index in [1.165, 1.54) is 6.39 Å². The van der Waals surface area contributed by atoms with E-state index in [1.54, 1.807) is 6.07 Å². The molecule has 0 amide bonds. The van der Waals surface area contributed by atoms with Gasteiger partial charge < -0.3 is 8.60 Å². The molecule has 0 N–H and O–H groups in total. The zero-order valence-corrected chi connectivity index (χ0v) is 7.34. The van der Waals surface area contributed by atoms with Gasteiger partial charge in [0.2, 0.25) is 0 Å². The molecule has 0 radical (unpaired) electrons. The Labute approximate surface area is 75.0 Å². The van der Waals surface area contributed by atoms with Gasteiger partial charge >= 0.3 is 0 Å². The molecule has 2 aromatic rings. The molecule has 2 rings (SSSR count). The van der Waals surface area contributed by atoms with Crippen molar-refractivity contribution >= 4 is 24.0 Å². The lowest BCUT2D eigenvalue weighted by molar-refractivity contribution is 0.574. The topological polar surface area (TPSA) is 35.3 Å². The molecule has 0 atom stereocenters. The van der Waals surface area contributed by atoms with E-state index >= 15 is 0 Å². The first-order valence-corrected chi connectivity index (χ1v) is 3.83. The number of aromatic nitrogens is 1. The number of hydrogen-bond acceptors (Lipinski definition) is 4. The molecule has 4 heteroatoms. The monoisotopic (exact) mass is 181 g/mol. The summed E-state index contributed by atoms with van der Waals surface area (Å²) in [6.07, 6.45) is 1.40. The van der Waals surface area contributed by atoms with E-state index in [2.05, 4.69) is 17.9 Å². The maximum Gasteiger partial charge on any atom is 0.198 e. The van der Waals surface area contributed by atoms with Gasteiger partial charge in [0.25, 0.3) is 0 Å². The molecule has 0 spiro atoms. The summed E-state index contributed by atoms with van der Waals surface area (Å²) in [5.74, 6) is 0.594. The number of fused-ring (bicyclic) bond motifs is 1. The van der Waals surface area contributed by atoms with Crippen molar-refractivity contribution in [3.05, 3.63) is 24.1 Å². The second-order valence-corrected chi connectivity index (χ2v) is 2.68. The molecular formula is C8H7NO2S. The molecule has 0 aliphatic carbocycles. The minimum atomic E-state index is 0.594. The second kappa shape index (κ2) is 2.71. The summed E-state index contributed by atoms with van der Waals surface area (Å²) < 4.78 is 9.94. The quantitative estimate of drug-likeness (QED) is 0.541. The van der Waals surface area contributed by atoms with Gasteiger partial charge in [-0.2, -0.15) is 0 Å². The van der Waals surface area contributed by atoms with Crippen LogP contribution in [-0.2, 0) is 0 Å². The smallest absolute Gasteiger partial charge is 0.198 e. The van der Waals surface area contributed by atoms with E-state index in [1.807, 2.05) is 13.0 Å². The fourth-order valence-corrected chi connectivity index (χ4v) is 1.27. The SMILES string of the molecule is Cc1ccc(OS)c2ocnc12. The molecule has 1 aromatic carbocycles. The largest absolute Gasteiger partial charge is 0.439 e. The first-order valence-electron chi connectivity index (χ1n) is 3.47. The van der Waals surface area contributed by atoms with Crippen LogP contribution in [0.1, 0.15) is 5.56 Å². The van der Waals surface area contributed by atoms with Gasteiger partial charge in [-0.3, -0.25) is 0 Å². The van der Waals surface area contributed by atoms with Crippen molar-refractivity contribution < 1.29 is 8.60 Å². The van der Waals surface area contributed by atoms with Crippen molar-refractivity contribution in [1.82, 2.24) is 4.98 Å². The van der Waals surface area contributed by atoms with Crippen molar-refractivity contribution in [2.45, 2.75) is 6.92 Å². The van der Waals surface area contributed by atoms with Gasteiger partial charge in [-0.05, 0) is 18.6 Å². The normalized spacial score (nSPS) is 10.5. The molecule has 62 valence electrons. The average molecular weight is 181 g/mol. The lowest BCUT2D eigenvalue weighted by Crippen LogP contribution is -1.80. The van der Waals surface area contributed by atoms with Crippen LogP contribution in [0.2, 0.25) is 0 Å². The van der Waals surface area contributed by atoms with Crippen LogP contribution in [0.5, 0.6) is 5.75 Å². The number of hydrogen-bond donors (Lipinski definition) is 1. The Kier molecular flexibility index (Phi) is 1.69. The van der Waals surface area contributed by atoms with Gasteiger partial charge in [0.05, 0.1) is 0 Å². The summed E-state index contributed by atoms with van der Waals surface area (Å²) in [6, 6.07) is 3.71. The molecule has 0 aliphatic rings. The molecule has 1 heterocycles. The summed E-state index contributed by atoms with van der Waals surface area (Å²) in [5, 5.41) is 0. The predicted molar refractivity (Wildman–Crippen MR) is 48.4 cm³/mol. The Bertz CT molecular complexity index is 410. The number of rotatable bonds is 1. The predicted octanol–water partition coefficient (Wildman–Crippen LogP) is 2.36. The Morgan fingerprint density at radius 1 is 1.50 bits per heavy atom. The average Bonchev–Trinajstić information content (AvgIpc) is 2.54. The molecular weight excluding hydrogens is 174 g/mol. The summed E-state index contributed by atoms with van der Waals surface area (Å²) in [5.41, 5.74) is 2.53. The van der Waals surface area contributed by atoms with Crippen LogP contribution >= 0.6 is 12.9 Å². The summed E-state index contributed by atoms with van der Waals surface area (Å²) in [4.78, 5) is 4.05. The highest BCUT2D eigenvalue weighted by atomic mass is 32.1. The molecule has 0 saturated heterocycles. The zero-order valence-electron chi connectivity index (χ0n) is 6.44. The van der Waals surface area contributed by atoms with Crippen molar-refractivity contribution in [1.29, 1.82) is 0 Å². The third-order valence-electron chi connectivity index (χ3n) is 1.75. The zero-order chi connectivity index (χ0) is 8.55. The van der Waals surface area contributed by atoms with E-state index in [9.17, 15) is 0 Å². The molecule has 12 heavy (non-hydrogen) atoms. The molecule has 0 aliphatic heterocycles. The van der Waals surface area contributed by atoms with Crippen LogP contribution < -0.4 is 4.18 Å². The molecule has 0 unspecified atom stereocenters. The summed E-state index contributed by atoms with van der Waals surface area (Å²) >= 11 is 3.71. The molecule has 1 aromatic heterocycles. The Hall–Kier alpha value is -1.16. The maximum absolute atomic E-state index is 5.14. The van der Waals surface area contributed by atoms with E-state index in [0.717, 1.165) is 11.1 Å². The van der Waals surface area contributed by atoms with Gasteiger partial charge in [-0.1, -0.05) is 6.07 Å². The Morgan fingerprint density at radius 3 is 3.08 bits per heavy atom. The van der Waals surface area contributed by atoms with Crippen molar-refractivity contribution in [3.63, 3.8) is 0 Å². The maximum atomic E-state index is 5.14. The van der Waals surface area contributed by atoms with Crippen LogP contribution in [0.15, 0.2) is 22.9 Å².